The summed E-state index contributed by atoms with van der Waals surface area (Å²) in [6.07, 6.45) is 0. The number of carbonyl (C=O) groups excluding carboxylic acids is 3. The molecule has 2 amide bonds. The second-order valence-electron chi connectivity index (χ2n) is 5.47. The Morgan fingerprint density at radius 3 is 2.38 bits per heavy atom. The molecule has 2 aromatic carbocycles. The molecule has 12 heteroatoms. The van der Waals surface area contributed by atoms with Crippen LogP contribution in [-0.2, 0) is 14.3 Å². The highest BCUT2D eigenvalue weighted by molar-refractivity contribution is 6.32. The predicted octanol–water partition coefficient (Wildman–Crippen LogP) is 2.44. The Labute approximate surface area is 166 Å². The molecule has 0 radical (unpaired) electrons. The Morgan fingerprint density at radius 1 is 1.10 bits per heavy atom. The Bertz CT molecular complexity index is 965. The van der Waals surface area contributed by atoms with Crippen molar-refractivity contribution in [3.63, 3.8) is 0 Å². The van der Waals surface area contributed by atoms with Crippen LogP contribution in [0.5, 0.6) is 0 Å². The Balaban J connectivity index is 1.82. The molecule has 0 unspecified atom stereocenters. The van der Waals surface area contributed by atoms with Crippen molar-refractivity contribution in [2.45, 2.75) is 0 Å². The highest BCUT2D eigenvalue weighted by Gasteiger charge is 2.17. The van der Waals surface area contributed by atoms with Crippen LogP contribution < -0.4 is 10.6 Å². The summed E-state index contributed by atoms with van der Waals surface area (Å²) < 4.78 is 30.7. The maximum atomic E-state index is 13.0. The molecule has 0 heterocycles. The third-order valence-electron chi connectivity index (χ3n) is 3.31. The van der Waals surface area contributed by atoms with E-state index >= 15 is 0 Å². The lowest BCUT2D eigenvalue weighted by molar-refractivity contribution is -0.384. The van der Waals surface area contributed by atoms with E-state index in [9.17, 15) is 33.3 Å². The van der Waals surface area contributed by atoms with Gasteiger partial charge in [0.15, 0.2) is 6.61 Å². The fraction of sp³-hybridized carbons (Fsp3) is 0.118. The number of benzene rings is 2. The van der Waals surface area contributed by atoms with Gasteiger partial charge in [0.05, 0.1) is 4.92 Å². The van der Waals surface area contributed by atoms with Gasteiger partial charge in [0.2, 0.25) is 0 Å². The molecule has 2 N–H and O–H groups in total. The van der Waals surface area contributed by atoms with Crippen molar-refractivity contribution in [2.75, 3.05) is 18.5 Å². The van der Waals surface area contributed by atoms with Gasteiger partial charge >= 0.3 is 5.97 Å². The van der Waals surface area contributed by atoms with Crippen molar-refractivity contribution in [1.29, 1.82) is 0 Å². The van der Waals surface area contributed by atoms with Gasteiger partial charge in [-0.3, -0.25) is 24.5 Å². The van der Waals surface area contributed by atoms with Crippen LogP contribution in [0.3, 0.4) is 0 Å². The van der Waals surface area contributed by atoms with E-state index in [1.54, 1.807) is 0 Å². The second kappa shape index (κ2) is 9.55. The molecule has 0 saturated heterocycles. The normalized spacial score (nSPS) is 10.2. The van der Waals surface area contributed by atoms with Gasteiger partial charge in [-0.25, -0.2) is 8.78 Å². The molecule has 0 aliphatic rings. The van der Waals surface area contributed by atoms with Crippen molar-refractivity contribution in [3.8, 4) is 0 Å². The summed E-state index contributed by atoms with van der Waals surface area (Å²) in [5, 5.41) is 15.0. The molecule has 0 spiro atoms. The van der Waals surface area contributed by atoms with Crippen LogP contribution >= 0.6 is 11.6 Å². The van der Waals surface area contributed by atoms with Gasteiger partial charge in [0.1, 0.15) is 23.2 Å². The number of nitrogens with one attached hydrogen (secondary N) is 2. The van der Waals surface area contributed by atoms with Crippen molar-refractivity contribution < 1.29 is 32.8 Å². The lowest BCUT2D eigenvalue weighted by Gasteiger charge is -2.08. The smallest absolute Gasteiger partial charge is 0.325 e. The number of anilines is 1. The molecule has 0 saturated carbocycles. The van der Waals surface area contributed by atoms with E-state index in [2.05, 4.69) is 15.4 Å². The van der Waals surface area contributed by atoms with E-state index in [-0.39, 0.29) is 16.3 Å². The molecule has 0 aliphatic carbocycles. The summed E-state index contributed by atoms with van der Waals surface area (Å²) in [6.45, 7) is -1.39. The van der Waals surface area contributed by atoms with E-state index in [1.165, 1.54) is 6.07 Å². The van der Waals surface area contributed by atoms with E-state index < -0.39 is 53.2 Å². The molecular formula is C17H12ClF2N3O6. The first-order valence-electron chi connectivity index (χ1n) is 7.79. The average Bonchev–Trinajstić information content (AvgIpc) is 2.63. The molecule has 152 valence electrons. The lowest BCUT2D eigenvalue weighted by Crippen LogP contribution is -2.32. The van der Waals surface area contributed by atoms with Gasteiger partial charge in [-0.15, -0.1) is 0 Å². The van der Waals surface area contributed by atoms with Crippen LogP contribution in [0.2, 0.25) is 5.02 Å². The first-order chi connectivity index (χ1) is 13.7. The number of nitrogens with zero attached hydrogens (tertiary/aromatic N) is 1. The van der Waals surface area contributed by atoms with E-state index in [1.807, 2.05) is 0 Å². The summed E-state index contributed by atoms with van der Waals surface area (Å²) in [5.41, 5.74) is -0.756. The molecule has 2 aromatic rings. The van der Waals surface area contributed by atoms with Crippen LogP contribution in [0, 0.1) is 21.7 Å². The summed E-state index contributed by atoms with van der Waals surface area (Å²) in [7, 11) is 0. The molecule has 0 aromatic heterocycles. The van der Waals surface area contributed by atoms with E-state index in [0.29, 0.717) is 6.07 Å². The third-order valence-corrected chi connectivity index (χ3v) is 3.63. The molecule has 0 atom stereocenters. The number of nitro benzene ring substituents is 1. The zero-order valence-electron chi connectivity index (χ0n) is 14.4. The van der Waals surface area contributed by atoms with Gasteiger partial charge in [-0.1, -0.05) is 11.6 Å². The zero-order chi connectivity index (χ0) is 21.6. The minimum atomic E-state index is -0.984. The van der Waals surface area contributed by atoms with Crippen molar-refractivity contribution >= 4 is 40.8 Å². The monoisotopic (exact) mass is 427 g/mol. The standard InChI is InChI=1S/C17H12ClF2N3O6/c18-13-2-1-9(3-14(13)23(27)28)17(26)21-7-16(25)29-8-15(24)22-12-5-10(19)4-11(20)6-12/h1-6H,7-8H2,(H,21,26)(H,22,24). The summed E-state index contributed by atoms with van der Waals surface area (Å²) in [5.74, 6) is -4.45. The van der Waals surface area contributed by atoms with Crippen LogP contribution in [0.25, 0.3) is 0 Å². The second-order valence-corrected chi connectivity index (χ2v) is 5.88. The van der Waals surface area contributed by atoms with Crippen molar-refractivity contribution in [2.24, 2.45) is 0 Å². The molecule has 0 fully saturated rings. The van der Waals surface area contributed by atoms with Gasteiger partial charge in [-0.05, 0) is 24.3 Å². The van der Waals surface area contributed by atoms with Gasteiger partial charge in [0.25, 0.3) is 17.5 Å². The number of rotatable bonds is 7. The third kappa shape index (κ3) is 6.50. The average molecular weight is 428 g/mol. The number of ether oxygens (including phenoxy) is 1. The SMILES string of the molecule is O=C(COC(=O)CNC(=O)c1ccc(Cl)c([N+](=O)[O-])c1)Nc1cc(F)cc(F)c1. The Kier molecular flexibility index (Phi) is 7.15. The van der Waals surface area contributed by atoms with Gasteiger partial charge in [0, 0.05) is 23.4 Å². The quantitative estimate of drug-likeness (QED) is 0.397. The summed E-state index contributed by atoms with van der Waals surface area (Å²) in [6, 6.07) is 5.68. The largest absolute Gasteiger partial charge is 0.454 e. The minimum absolute atomic E-state index is 0.111. The molecule has 29 heavy (non-hydrogen) atoms. The Hall–Kier alpha value is -3.60. The molecule has 0 aliphatic heterocycles. The molecule has 2 rings (SSSR count). The van der Waals surface area contributed by atoms with Gasteiger partial charge in [-0.2, -0.15) is 0 Å². The van der Waals surface area contributed by atoms with Crippen molar-refractivity contribution in [3.05, 3.63) is 68.7 Å². The topological polar surface area (TPSA) is 128 Å². The van der Waals surface area contributed by atoms with Crippen LogP contribution in [0.4, 0.5) is 20.2 Å². The first kappa shape index (κ1) is 21.7. The number of hydrogen-bond donors (Lipinski definition) is 2. The number of carbonyl (C=O) groups is 3. The molecule has 9 nitrogen and oxygen atoms in total. The maximum absolute atomic E-state index is 13.0. The van der Waals surface area contributed by atoms with Crippen molar-refractivity contribution in [1.82, 2.24) is 5.32 Å². The van der Waals surface area contributed by atoms with Gasteiger partial charge < -0.3 is 15.4 Å². The summed E-state index contributed by atoms with van der Waals surface area (Å²) >= 11 is 5.64. The highest BCUT2D eigenvalue weighted by Crippen LogP contribution is 2.24. The lowest BCUT2D eigenvalue weighted by atomic mass is 10.2. The number of halogens is 3. The Morgan fingerprint density at radius 2 is 1.76 bits per heavy atom. The fourth-order valence-electron chi connectivity index (χ4n) is 2.07. The molecular weight excluding hydrogens is 416 g/mol. The number of esters is 1. The zero-order valence-corrected chi connectivity index (χ0v) is 15.2. The number of amides is 2. The maximum Gasteiger partial charge on any atom is 0.325 e. The van der Waals surface area contributed by atoms with E-state index in [0.717, 1.165) is 24.3 Å². The highest BCUT2D eigenvalue weighted by atomic mass is 35.5. The number of hydrogen-bond acceptors (Lipinski definition) is 6. The van der Waals surface area contributed by atoms with Crippen LogP contribution in [-0.4, -0.2) is 35.9 Å². The van der Waals surface area contributed by atoms with Crippen LogP contribution in [0.1, 0.15) is 10.4 Å². The fourth-order valence-corrected chi connectivity index (χ4v) is 2.26. The predicted molar refractivity (Wildman–Crippen MR) is 96.4 cm³/mol. The number of nitro groups is 1. The summed E-state index contributed by atoms with van der Waals surface area (Å²) in [4.78, 5) is 45.2. The molecule has 0 bridgehead atoms. The first-order valence-corrected chi connectivity index (χ1v) is 8.17. The van der Waals surface area contributed by atoms with Crippen LogP contribution in [0.15, 0.2) is 36.4 Å². The minimum Gasteiger partial charge on any atom is -0.454 e. The van der Waals surface area contributed by atoms with E-state index in [4.69, 9.17) is 11.6 Å².